The van der Waals surface area contributed by atoms with Crippen LogP contribution in [0.2, 0.25) is 0 Å². The summed E-state index contributed by atoms with van der Waals surface area (Å²) in [5.74, 6) is 0.0376. The van der Waals surface area contributed by atoms with E-state index in [0.29, 0.717) is 13.0 Å². The van der Waals surface area contributed by atoms with Gasteiger partial charge in [-0.3, -0.25) is 4.79 Å². The Morgan fingerprint density at radius 3 is 2.39 bits per heavy atom. The Kier molecular flexibility index (Phi) is 8.11. The maximum absolute atomic E-state index is 12.4. The molecule has 3 amide bonds. The number of aliphatic hydroxyl groups excluding tert-OH is 1. The van der Waals surface area contributed by atoms with Crippen LogP contribution in [0.25, 0.3) is 0 Å². The smallest absolute Gasteiger partial charge is 0.318 e. The van der Waals surface area contributed by atoms with Gasteiger partial charge in [0.1, 0.15) is 6.04 Å². The molecule has 0 aliphatic heterocycles. The van der Waals surface area contributed by atoms with Crippen LogP contribution in [0.4, 0.5) is 4.79 Å². The Hall–Kier alpha value is -2.08. The van der Waals surface area contributed by atoms with Crippen molar-refractivity contribution in [3.8, 4) is 0 Å². The van der Waals surface area contributed by atoms with Gasteiger partial charge in [0, 0.05) is 26.6 Å². The van der Waals surface area contributed by atoms with E-state index in [1.807, 2.05) is 44.2 Å². The van der Waals surface area contributed by atoms with Gasteiger partial charge in [0.25, 0.3) is 0 Å². The van der Waals surface area contributed by atoms with Gasteiger partial charge in [0.05, 0.1) is 6.61 Å². The van der Waals surface area contributed by atoms with Gasteiger partial charge < -0.3 is 20.6 Å². The predicted molar refractivity (Wildman–Crippen MR) is 90.0 cm³/mol. The van der Waals surface area contributed by atoms with Crippen LogP contribution in [0.3, 0.4) is 0 Å². The molecule has 6 nitrogen and oxygen atoms in total. The molecule has 0 aliphatic carbocycles. The third kappa shape index (κ3) is 6.69. The van der Waals surface area contributed by atoms with Gasteiger partial charge in [-0.15, -0.1) is 0 Å². The lowest BCUT2D eigenvalue weighted by atomic mass is 10.1. The highest BCUT2D eigenvalue weighted by atomic mass is 16.3. The molecule has 0 aliphatic rings. The molecule has 128 valence electrons. The van der Waals surface area contributed by atoms with Crippen LogP contribution in [0, 0.1) is 5.92 Å². The first-order chi connectivity index (χ1) is 11.0. The summed E-state index contributed by atoms with van der Waals surface area (Å²) < 4.78 is 0. The molecule has 0 saturated carbocycles. The highest BCUT2D eigenvalue weighted by molar-refractivity contribution is 5.87. The van der Waals surface area contributed by atoms with E-state index in [1.54, 1.807) is 7.05 Å². The second-order valence-corrected chi connectivity index (χ2v) is 5.87. The number of rotatable bonds is 8. The Morgan fingerprint density at radius 2 is 1.87 bits per heavy atom. The fourth-order valence-corrected chi connectivity index (χ4v) is 2.31. The number of likely N-dealkylation sites (N-methyl/N-ethyl adjacent to an activating group) is 1. The number of carbonyl (C=O) groups excluding carboxylic acids is 2. The zero-order valence-corrected chi connectivity index (χ0v) is 14.1. The van der Waals surface area contributed by atoms with Gasteiger partial charge in [0.2, 0.25) is 5.91 Å². The van der Waals surface area contributed by atoms with Crippen molar-refractivity contribution in [3.05, 3.63) is 35.9 Å². The number of nitrogens with one attached hydrogen (secondary N) is 2. The SMILES string of the molecule is CNC(=O)C(Cc1ccccc1)NC(=O)N(CCO)CC(C)C. The minimum absolute atomic E-state index is 0.108. The number of aliphatic hydroxyl groups is 1. The standard InChI is InChI=1S/C17H27N3O3/c1-13(2)12-20(9-10-21)17(23)19-15(16(22)18-3)11-14-7-5-4-6-8-14/h4-8,13,15,21H,9-12H2,1-3H3,(H,18,22)(H,19,23). The largest absolute Gasteiger partial charge is 0.395 e. The Bertz CT molecular complexity index is 491. The van der Waals surface area contributed by atoms with E-state index in [2.05, 4.69) is 10.6 Å². The van der Waals surface area contributed by atoms with Crippen molar-refractivity contribution >= 4 is 11.9 Å². The Labute approximate surface area is 137 Å². The molecule has 1 aromatic rings. The van der Waals surface area contributed by atoms with Crippen LogP contribution >= 0.6 is 0 Å². The number of benzene rings is 1. The van der Waals surface area contributed by atoms with Gasteiger partial charge >= 0.3 is 6.03 Å². The van der Waals surface area contributed by atoms with Gasteiger partial charge in [-0.05, 0) is 11.5 Å². The second-order valence-electron chi connectivity index (χ2n) is 5.87. The molecule has 6 heteroatoms. The fourth-order valence-electron chi connectivity index (χ4n) is 2.31. The van der Waals surface area contributed by atoms with Crippen molar-refractivity contribution in [3.63, 3.8) is 0 Å². The number of hydrogen-bond donors (Lipinski definition) is 3. The van der Waals surface area contributed by atoms with E-state index in [0.717, 1.165) is 5.56 Å². The minimum Gasteiger partial charge on any atom is -0.395 e. The molecular formula is C17H27N3O3. The van der Waals surface area contributed by atoms with E-state index in [-0.39, 0.29) is 31.0 Å². The van der Waals surface area contributed by atoms with Crippen LogP contribution in [0.15, 0.2) is 30.3 Å². The number of nitrogens with zero attached hydrogens (tertiary/aromatic N) is 1. The molecule has 0 spiro atoms. The van der Waals surface area contributed by atoms with Crippen molar-refractivity contribution < 1.29 is 14.7 Å². The molecule has 0 bridgehead atoms. The summed E-state index contributed by atoms with van der Waals surface area (Å²) in [7, 11) is 1.55. The number of hydrogen-bond acceptors (Lipinski definition) is 3. The summed E-state index contributed by atoms with van der Waals surface area (Å²) in [4.78, 5) is 26.0. The molecule has 0 fully saturated rings. The second kappa shape index (κ2) is 9.84. The maximum Gasteiger partial charge on any atom is 0.318 e. The molecule has 3 N–H and O–H groups in total. The van der Waals surface area contributed by atoms with E-state index in [1.165, 1.54) is 4.90 Å². The number of urea groups is 1. The fraction of sp³-hybridized carbons (Fsp3) is 0.529. The third-order valence-corrected chi connectivity index (χ3v) is 3.39. The molecule has 1 unspecified atom stereocenters. The van der Waals surface area contributed by atoms with E-state index >= 15 is 0 Å². The quantitative estimate of drug-likeness (QED) is 0.668. The molecule has 0 aromatic heterocycles. The topological polar surface area (TPSA) is 81.7 Å². The van der Waals surface area contributed by atoms with Gasteiger partial charge in [-0.2, -0.15) is 0 Å². The molecule has 1 rings (SSSR count). The highest BCUT2D eigenvalue weighted by Crippen LogP contribution is 2.05. The third-order valence-electron chi connectivity index (χ3n) is 3.39. The summed E-state index contributed by atoms with van der Waals surface area (Å²) in [6, 6.07) is 8.55. The summed E-state index contributed by atoms with van der Waals surface area (Å²) in [6.07, 6.45) is 0.418. The van der Waals surface area contributed by atoms with E-state index in [4.69, 9.17) is 5.11 Å². The lowest BCUT2D eigenvalue weighted by Gasteiger charge is -2.27. The van der Waals surface area contributed by atoms with E-state index < -0.39 is 6.04 Å². The molecule has 0 heterocycles. The molecule has 1 atom stereocenters. The number of amides is 3. The monoisotopic (exact) mass is 321 g/mol. The lowest BCUT2D eigenvalue weighted by Crippen LogP contribution is -2.52. The average molecular weight is 321 g/mol. The summed E-state index contributed by atoms with van der Waals surface area (Å²) in [5, 5.41) is 14.5. The van der Waals surface area contributed by atoms with Crippen LogP contribution in [0.1, 0.15) is 19.4 Å². The molecule has 1 aromatic carbocycles. The first kappa shape index (κ1) is 19.0. The normalized spacial score (nSPS) is 11.9. The molecule has 0 radical (unpaired) electrons. The minimum atomic E-state index is -0.650. The summed E-state index contributed by atoms with van der Waals surface area (Å²) in [6.45, 7) is 4.66. The van der Waals surface area contributed by atoms with Crippen molar-refractivity contribution in [2.75, 3.05) is 26.7 Å². The maximum atomic E-state index is 12.4. The number of carbonyl (C=O) groups is 2. The van der Waals surface area contributed by atoms with Gasteiger partial charge in [0.15, 0.2) is 0 Å². The van der Waals surface area contributed by atoms with Crippen LogP contribution in [-0.4, -0.2) is 54.7 Å². The van der Waals surface area contributed by atoms with Crippen molar-refractivity contribution in [2.24, 2.45) is 5.92 Å². The molecule has 23 heavy (non-hydrogen) atoms. The Balaban J connectivity index is 2.78. The lowest BCUT2D eigenvalue weighted by molar-refractivity contribution is -0.122. The van der Waals surface area contributed by atoms with Crippen molar-refractivity contribution in [1.29, 1.82) is 0 Å². The van der Waals surface area contributed by atoms with E-state index in [9.17, 15) is 9.59 Å². The predicted octanol–water partition coefficient (Wildman–Crippen LogP) is 1.00. The average Bonchev–Trinajstić information content (AvgIpc) is 2.53. The van der Waals surface area contributed by atoms with Crippen LogP contribution in [0.5, 0.6) is 0 Å². The van der Waals surface area contributed by atoms with Crippen molar-refractivity contribution in [2.45, 2.75) is 26.3 Å². The first-order valence-electron chi connectivity index (χ1n) is 7.89. The molecular weight excluding hydrogens is 294 g/mol. The van der Waals surface area contributed by atoms with Crippen LogP contribution < -0.4 is 10.6 Å². The Morgan fingerprint density at radius 1 is 1.22 bits per heavy atom. The zero-order valence-electron chi connectivity index (χ0n) is 14.1. The zero-order chi connectivity index (χ0) is 17.2. The summed E-state index contributed by atoms with van der Waals surface area (Å²) >= 11 is 0. The van der Waals surface area contributed by atoms with Crippen LogP contribution in [-0.2, 0) is 11.2 Å². The van der Waals surface area contributed by atoms with Gasteiger partial charge in [-0.25, -0.2) is 4.79 Å². The first-order valence-corrected chi connectivity index (χ1v) is 7.89. The van der Waals surface area contributed by atoms with Gasteiger partial charge in [-0.1, -0.05) is 44.2 Å². The van der Waals surface area contributed by atoms with Crippen molar-refractivity contribution in [1.82, 2.24) is 15.5 Å². The summed E-state index contributed by atoms with van der Waals surface area (Å²) in [5.41, 5.74) is 0.971. The molecule has 0 saturated heterocycles. The highest BCUT2D eigenvalue weighted by Gasteiger charge is 2.23.